The molecule has 8 aromatic carbocycles. The SMILES string of the molecule is CC1(C)c2ccccc2-c2cc3c(cc21)N(c1ccc2cc(N4c5ccccc5C(C)(C)c5cc6c(cc54)C(C)(C)c4ccccc4-6)ccc2c1)c1ccccc1C3(C)C. The Morgan fingerprint density at radius 3 is 1.03 bits per heavy atom. The van der Waals surface area contributed by atoms with Gasteiger partial charge in [0.1, 0.15) is 0 Å². The lowest BCUT2D eigenvalue weighted by Gasteiger charge is -2.43. The first-order chi connectivity index (χ1) is 28.8. The van der Waals surface area contributed by atoms with E-state index >= 15 is 0 Å². The van der Waals surface area contributed by atoms with Gasteiger partial charge >= 0.3 is 0 Å². The molecular formula is C58H50N2. The molecule has 0 atom stereocenters. The number of hydrogen-bond donors (Lipinski definition) is 0. The summed E-state index contributed by atoms with van der Waals surface area (Å²) in [5.41, 5.74) is 23.4. The zero-order valence-electron chi connectivity index (χ0n) is 35.9. The molecule has 8 aromatic rings. The minimum Gasteiger partial charge on any atom is -0.310 e. The van der Waals surface area contributed by atoms with Crippen LogP contribution in [0.2, 0.25) is 0 Å². The van der Waals surface area contributed by atoms with E-state index in [1.54, 1.807) is 0 Å². The topological polar surface area (TPSA) is 6.48 Å². The van der Waals surface area contributed by atoms with Crippen molar-refractivity contribution < 1.29 is 0 Å². The zero-order valence-corrected chi connectivity index (χ0v) is 35.9. The van der Waals surface area contributed by atoms with Gasteiger partial charge in [0.25, 0.3) is 0 Å². The van der Waals surface area contributed by atoms with Gasteiger partial charge in [-0.15, -0.1) is 0 Å². The molecule has 0 amide bonds. The molecule has 2 aliphatic heterocycles. The average molecular weight is 775 g/mol. The number of nitrogens with zero attached hydrogens (tertiary/aromatic N) is 2. The molecule has 0 bridgehead atoms. The molecule has 0 fully saturated rings. The van der Waals surface area contributed by atoms with Gasteiger partial charge in [0.05, 0.1) is 22.7 Å². The Kier molecular flexibility index (Phi) is 6.91. The van der Waals surface area contributed by atoms with Gasteiger partial charge in [0.2, 0.25) is 0 Å². The normalized spacial score (nSPS) is 17.5. The third kappa shape index (κ3) is 4.49. The van der Waals surface area contributed by atoms with Crippen LogP contribution in [-0.2, 0) is 21.7 Å². The van der Waals surface area contributed by atoms with E-state index in [9.17, 15) is 0 Å². The first kappa shape index (κ1) is 35.6. The maximum Gasteiger partial charge on any atom is 0.0506 e. The second-order valence-corrected chi connectivity index (χ2v) is 19.8. The highest BCUT2D eigenvalue weighted by Gasteiger charge is 2.44. The Labute approximate surface area is 354 Å². The zero-order chi connectivity index (χ0) is 41.1. The number of fused-ring (bicyclic) bond motifs is 11. The smallest absolute Gasteiger partial charge is 0.0506 e. The number of benzene rings is 8. The molecule has 0 unspecified atom stereocenters. The Morgan fingerprint density at radius 2 is 0.617 bits per heavy atom. The van der Waals surface area contributed by atoms with Gasteiger partial charge in [-0.2, -0.15) is 0 Å². The van der Waals surface area contributed by atoms with Crippen LogP contribution in [0, 0.1) is 0 Å². The van der Waals surface area contributed by atoms with Crippen molar-refractivity contribution in [2.45, 2.75) is 77.0 Å². The van der Waals surface area contributed by atoms with E-state index in [4.69, 9.17) is 0 Å². The Hall–Kier alpha value is -6.38. The van der Waals surface area contributed by atoms with Crippen molar-refractivity contribution in [2.75, 3.05) is 9.80 Å². The van der Waals surface area contributed by atoms with Crippen molar-refractivity contribution in [2.24, 2.45) is 0 Å². The van der Waals surface area contributed by atoms with Crippen LogP contribution >= 0.6 is 0 Å². The van der Waals surface area contributed by atoms with Gasteiger partial charge in [-0.25, -0.2) is 0 Å². The van der Waals surface area contributed by atoms with Crippen molar-refractivity contribution in [3.8, 4) is 22.3 Å². The molecule has 2 heterocycles. The minimum absolute atomic E-state index is 0.0891. The van der Waals surface area contributed by atoms with E-state index in [-0.39, 0.29) is 21.7 Å². The molecule has 2 nitrogen and oxygen atoms in total. The van der Waals surface area contributed by atoms with Gasteiger partial charge in [-0.05, 0) is 138 Å². The maximum absolute atomic E-state index is 2.53. The van der Waals surface area contributed by atoms with Crippen molar-refractivity contribution in [1.29, 1.82) is 0 Å². The summed E-state index contributed by atoms with van der Waals surface area (Å²) < 4.78 is 0. The van der Waals surface area contributed by atoms with Crippen molar-refractivity contribution in [3.63, 3.8) is 0 Å². The highest BCUT2D eigenvalue weighted by molar-refractivity contribution is 5.98. The summed E-state index contributed by atoms with van der Waals surface area (Å²) in [6.07, 6.45) is 0. The summed E-state index contributed by atoms with van der Waals surface area (Å²) in [5, 5.41) is 2.45. The second kappa shape index (κ2) is 11.7. The van der Waals surface area contributed by atoms with Gasteiger partial charge < -0.3 is 9.80 Å². The van der Waals surface area contributed by atoms with Crippen molar-refractivity contribution >= 4 is 44.9 Å². The van der Waals surface area contributed by atoms with Crippen LogP contribution in [0.3, 0.4) is 0 Å². The molecular weight excluding hydrogens is 725 g/mol. The molecule has 292 valence electrons. The third-order valence-corrected chi connectivity index (χ3v) is 15.2. The molecule has 0 radical (unpaired) electrons. The monoisotopic (exact) mass is 774 g/mol. The summed E-state index contributed by atoms with van der Waals surface area (Å²) in [7, 11) is 0. The lowest BCUT2D eigenvalue weighted by molar-refractivity contribution is 0.627. The van der Waals surface area contributed by atoms with Crippen LogP contribution < -0.4 is 9.80 Å². The van der Waals surface area contributed by atoms with Crippen LogP contribution in [0.25, 0.3) is 33.0 Å². The van der Waals surface area contributed by atoms with E-state index in [1.807, 2.05) is 0 Å². The van der Waals surface area contributed by atoms with E-state index in [1.165, 1.54) is 112 Å². The third-order valence-electron chi connectivity index (χ3n) is 15.2. The Morgan fingerprint density at radius 1 is 0.267 bits per heavy atom. The predicted octanol–water partition coefficient (Wildman–Crippen LogP) is 15.7. The molecule has 12 rings (SSSR count). The van der Waals surface area contributed by atoms with E-state index in [0.29, 0.717) is 0 Å². The minimum atomic E-state index is -0.168. The first-order valence-electron chi connectivity index (χ1n) is 21.7. The number of para-hydroxylation sites is 2. The molecule has 2 aliphatic carbocycles. The second-order valence-electron chi connectivity index (χ2n) is 19.8. The molecule has 2 heteroatoms. The van der Waals surface area contributed by atoms with Gasteiger partial charge in [0, 0.05) is 33.0 Å². The van der Waals surface area contributed by atoms with Gasteiger partial charge in [-0.1, -0.05) is 152 Å². The fourth-order valence-electron chi connectivity index (χ4n) is 11.8. The summed E-state index contributed by atoms with van der Waals surface area (Å²) in [5.74, 6) is 0. The van der Waals surface area contributed by atoms with Crippen LogP contribution in [0.15, 0.2) is 158 Å². The van der Waals surface area contributed by atoms with Crippen LogP contribution in [0.4, 0.5) is 34.1 Å². The molecule has 0 saturated heterocycles. The van der Waals surface area contributed by atoms with Crippen LogP contribution in [-0.4, -0.2) is 0 Å². The molecule has 0 aromatic heterocycles. The number of anilines is 6. The van der Waals surface area contributed by atoms with Crippen LogP contribution in [0.1, 0.15) is 99.9 Å². The Balaban J connectivity index is 1.02. The van der Waals surface area contributed by atoms with Crippen LogP contribution in [0.5, 0.6) is 0 Å². The summed E-state index contributed by atoms with van der Waals surface area (Å²) in [6.45, 7) is 19.1. The quantitative estimate of drug-likeness (QED) is 0.173. The molecule has 0 spiro atoms. The van der Waals surface area contributed by atoms with Gasteiger partial charge in [0.15, 0.2) is 0 Å². The molecule has 4 aliphatic rings. The first-order valence-corrected chi connectivity index (χ1v) is 21.7. The van der Waals surface area contributed by atoms with Crippen molar-refractivity contribution in [3.05, 3.63) is 202 Å². The lowest BCUT2D eigenvalue weighted by atomic mass is 9.71. The molecule has 0 saturated carbocycles. The van der Waals surface area contributed by atoms with Crippen molar-refractivity contribution in [1.82, 2.24) is 0 Å². The van der Waals surface area contributed by atoms with E-state index in [2.05, 4.69) is 223 Å². The predicted molar refractivity (Wildman–Crippen MR) is 253 cm³/mol. The maximum atomic E-state index is 2.53. The average Bonchev–Trinajstić information content (AvgIpc) is 3.61. The van der Waals surface area contributed by atoms with Gasteiger partial charge in [-0.3, -0.25) is 0 Å². The molecule has 60 heavy (non-hydrogen) atoms. The number of hydrogen-bond acceptors (Lipinski definition) is 2. The fourth-order valence-corrected chi connectivity index (χ4v) is 11.8. The van der Waals surface area contributed by atoms with E-state index in [0.717, 1.165) is 0 Å². The largest absolute Gasteiger partial charge is 0.310 e. The Bertz CT molecular complexity index is 2960. The highest BCUT2D eigenvalue weighted by Crippen LogP contribution is 2.60. The van der Waals surface area contributed by atoms with E-state index < -0.39 is 0 Å². The lowest BCUT2D eigenvalue weighted by Crippen LogP contribution is -2.31. The highest BCUT2D eigenvalue weighted by atomic mass is 15.2. The summed E-state index contributed by atoms with van der Waals surface area (Å²) in [6, 6.07) is 60.3. The number of rotatable bonds is 2. The fraction of sp³-hybridized carbons (Fsp3) is 0.207. The standard InChI is InChI=1S/C58H50N2/c1-55(2)43-19-11-9-17-39(43)41-31-49-53(33-47(41)55)59(51-23-15-13-21-45(51)57(49,5)6)37-27-25-36-30-38(28-26-35(36)29-37)60-52-24-16-14-22-46(52)58(7,8)50-32-42-40-18-10-12-20-44(40)56(3,4)48(42)34-54(50)60/h9-34H,1-8H3. The summed E-state index contributed by atoms with van der Waals surface area (Å²) >= 11 is 0. The molecule has 0 N–H and O–H groups in total. The summed E-state index contributed by atoms with van der Waals surface area (Å²) in [4.78, 5) is 5.06.